The summed E-state index contributed by atoms with van der Waals surface area (Å²) in [6.45, 7) is 0. The molecule has 1 aromatic heterocycles. The molecular formula is C44B26O. The molecule has 0 aliphatic carbocycles. The molecule has 10 aromatic rings. The van der Waals surface area contributed by atoms with Crippen LogP contribution in [0.15, 0.2) is 4.42 Å². The van der Waals surface area contributed by atoms with Crippen LogP contribution in [0.3, 0.4) is 0 Å². The van der Waals surface area contributed by atoms with E-state index >= 15 is 0 Å². The fourth-order valence-electron chi connectivity index (χ4n) is 10.4. The molecule has 0 N–H and O–H groups in total. The second-order valence-corrected chi connectivity index (χ2v) is 17.5. The molecule has 27 heteroatoms. The molecule has 0 amide bonds. The Kier molecular flexibility index (Phi) is 11.8. The third-order valence-electron chi connectivity index (χ3n) is 14.1. The lowest BCUT2D eigenvalue weighted by molar-refractivity contribution is 0.675. The number of fused-ring (bicyclic) bond motifs is 10. The Bertz CT molecular complexity index is 4210. The zero-order chi connectivity index (χ0) is 52.1. The molecule has 71 heavy (non-hydrogen) atoms. The number of furan rings is 1. The van der Waals surface area contributed by atoms with Gasteiger partial charge in [0, 0.05) is 10.8 Å². The Balaban J connectivity index is 1.63. The van der Waals surface area contributed by atoms with Gasteiger partial charge in [-0.15, -0.1) is 60.1 Å². The molecule has 0 saturated carbocycles. The van der Waals surface area contributed by atoms with Gasteiger partial charge in [-0.2, -0.15) is 0 Å². The van der Waals surface area contributed by atoms with E-state index in [-0.39, 0.29) is 240 Å². The first kappa shape index (κ1) is 50.3. The monoisotopic (exact) mass is 830 g/mol. The Hall–Kier alpha value is -4.23. The van der Waals surface area contributed by atoms with Crippen molar-refractivity contribution in [1.29, 1.82) is 0 Å². The van der Waals surface area contributed by atoms with Crippen LogP contribution in [0.4, 0.5) is 0 Å². The number of hydrogen-bond donors (Lipinski definition) is 0. The van der Waals surface area contributed by atoms with Gasteiger partial charge in [-0.05, 0) is 76.1 Å². The van der Waals surface area contributed by atoms with E-state index in [1.165, 1.54) is 0 Å². The molecule has 0 saturated heterocycles. The van der Waals surface area contributed by atoms with Crippen molar-refractivity contribution in [2.75, 3.05) is 0 Å². The minimum atomic E-state index is -0.205. The van der Waals surface area contributed by atoms with Crippen molar-refractivity contribution < 1.29 is 4.42 Å². The summed E-state index contributed by atoms with van der Waals surface area (Å²) in [4.78, 5) is 0. The van der Waals surface area contributed by atoms with E-state index in [4.69, 9.17) is 208 Å². The van der Waals surface area contributed by atoms with Crippen LogP contribution in [0.1, 0.15) is 0 Å². The van der Waals surface area contributed by atoms with Crippen LogP contribution in [0.25, 0.3) is 98.1 Å². The van der Waals surface area contributed by atoms with E-state index in [9.17, 15) is 0 Å². The second-order valence-electron chi connectivity index (χ2n) is 17.5. The summed E-state index contributed by atoms with van der Waals surface area (Å²) in [7, 11) is 178. The summed E-state index contributed by atoms with van der Waals surface area (Å²) in [6.07, 6.45) is 0. The number of rotatable bonds is 2. The van der Waals surface area contributed by atoms with Gasteiger partial charge in [0.1, 0.15) is 215 Å². The van der Waals surface area contributed by atoms with E-state index in [0.717, 1.165) is 0 Å². The summed E-state index contributed by atoms with van der Waals surface area (Å²) in [5.74, 6) is 0. The minimum Gasteiger partial charge on any atom is -0.457 e. The van der Waals surface area contributed by atoms with Gasteiger partial charge in [-0.1, -0.05) is 81.9 Å². The predicted molar refractivity (Wildman–Crippen MR) is 332 cm³/mol. The van der Waals surface area contributed by atoms with E-state index < -0.39 is 0 Å². The average Bonchev–Trinajstić information content (AvgIpc) is 3.74. The number of benzene rings is 9. The zero-order valence-corrected chi connectivity index (χ0v) is 37.4. The van der Waals surface area contributed by atoms with Crippen molar-refractivity contribution in [1.82, 2.24) is 0 Å². The van der Waals surface area contributed by atoms with Crippen molar-refractivity contribution in [3.05, 3.63) is 0 Å². The van der Waals surface area contributed by atoms with E-state index in [0.29, 0.717) is 0 Å². The molecule has 9 aromatic carbocycles. The van der Waals surface area contributed by atoms with E-state index in [1.807, 2.05) is 0 Å². The Morgan fingerprint density at radius 2 is 0.338 bits per heavy atom. The van der Waals surface area contributed by atoms with Crippen LogP contribution in [0.5, 0.6) is 0 Å². The Morgan fingerprint density at radius 1 is 0.127 bits per heavy atom. The second kappa shape index (κ2) is 16.6. The SMILES string of the molecule is [B]c1c([B])c([B])c2c(oc3c([B])c([B])c([B])c(-c4c5c([B])c([B])c([B])c([B])c5c(-c5c([B])c6c([B])c([B])c7c([B])c([B])c([B])c([B])c7c6c6c([B])c([B])c([B])c([B])c56)c5c([B])c([B])c([B])c([B])c45)c32)c1[B]. The zero-order valence-electron chi connectivity index (χ0n) is 37.4. The molecule has 0 unspecified atom stereocenters. The summed E-state index contributed by atoms with van der Waals surface area (Å²) < 4.78 is 6.35. The molecule has 0 aliphatic rings. The fourth-order valence-corrected chi connectivity index (χ4v) is 10.4. The highest BCUT2D eigenvalue weighted by atomic mass is 16.3. The molecule has 0 aliphatic heterocycles. The third-order valence-corrected chi connectivity index (χ3v) is 14.1. The molecule has 0 atom stereocenters. The van der Waals surface area contributed by atoms with Crippen molar-refractivity contribution in [2.45, 2.75) is 0 Å². The molecule has 0 bridgehead atoms. The maximum Gasteiger partial charge on any atom is 0.128 e. The van der Waals surface area contributed by atoms with Gasteiger partial charge in [0.15, 0.2) is 0 Å². The molecule has 1 heterocycles. The molecule has 260 valence electrons. The molecule has 0 spiro atoms. The quantitative estimate of drug-likeness (QED) is 0.0961. The topological polar surface area (TPSA) is 13.1 Å². The fraction of sp³-hybridized carbons (Fsp3) is 0. The van der Waals surface area contributed by atoms with Crippen molar-refractivity contribution in [3.8, 4) is 22.3 Å². The first-order chi connectivity index (χ1) is 33.2. The molecule has 0 fully saturated rings. The Morgan fingerprint density at radius 3 is 0.704 bits per heavy atom. The van der Waals surface area contributed by atoms with Gasteiger partial charge in [0.25, 0.3) is 0 Å². The van der Waals surface area contributed by atoms with Crippen molar-refractivity contribution >= 4 is 422 Å². The first-order valence-electron chi connectivity index (χ1n) is 20.9. The third kappa shape index (κ3) is 6.20. The van der Waals surface area contributed by atoms with Gasteiger partial charge >= 0.3 is 0 Å². The summed E-state index contributed by atoms with van der Waals surface area (Å²) in [5.41, 5.74) is -3.84. The maximum atomic E-state index is 7.53. The molecule has 1 nitrogen and oxygen atoms in total. The van der Waals surface area contributed by atoms with Crippen molar-refractivity contribution in [3.63, 3.8) is 0 Å². The number of hydrogen-bond acceptors (Lipinski definition) is 1. The predicted octanol–water partition coefficient (Wildman–Crippen LogP) is -18.7. The summed E-state index contributed by atoms with van der Waals surface area (Å²) >= 11 is 0. The van der Waals surface area contributed by atoms with E-state index in [1.54, 1.807) is 0 Å². The van der Waals surface area contributed by atoms with Gasteiger partial charge < -0.3 is 4.42 Å². The standard InChI is InChI=1S/C44B26O/c45-17-4(12-9(22(50)34(62)36(64)25(12)53)3-11-15(27(55)26(54)14(3)17)28(56)37(65)35(63)24(11)52)1-5-7(20(48)32(60)30(58)18(5)46)2(8-6(1)19(47)31(59)33(61)21(8)49)10-13-16-29(57)38(66)40(68)42(70)44(16)71-43(13)41(69)39(67)23(10)51. The lowest BCUT2D eigenvalue weighted by Crippen LogP contribution is -2.51. The van der Waals surface area contributed by atoms with Crippen LogP contribution in [0, 0.1) is 0 Å². The van der Waals surface area contributed by atoms with Gasteiger partial charge in [-0.3, -0.25) is 0 Å². The molecule has 10 rings (SSSR count). The maximum absolute atomic E-state index is 7.53. The highest BCUT2D eigenvalue weighted by Gasteiger charge is 2.32. The Labute approximate surface area is 445 Å². The van der Waals surface area contributed by atoms with Crippen LogP contribution in [0.2, 0.25) is 0 Å². The van der Waals surface area contributed by atoms with Crippen LogP contribution >= 0.6 is 0 Å². The minimum absolute atomic E-state index is 0.0105. The van der Waals surface area contributed by atoms with E-state index in [2.05, 4.69) is 0 Å². The van der Waals surface area contributed by atoms with Crippen LogP contribution < -0.4 is 142 Å². The average molecular weight is 826 g/mol. The summed E-state index contributed by atoms with van der Waals surface area (Å²) in [5, 5.41) is 0.660. The van der Waals surface area contributed by atoms with Crippen LogP contribution in [-0.2, 0) is 0 Å². The smallest absolute Gasteiger partial charge is 0.128 e. The first-order valence-corrected chi connectivity index (χ1v) is 20.9. The lowest BCUT2D eigenvalue weighted by Gasteiger charge is -2.33. The largest absolute Gasteiger partial charge is 0.457 e. The van der Waals surface area contributed by atoms with Gasteiger partial charge in [0.2, 0.25) is 0 Å². The summed E-state index contributed by atoms with van der Waals surface area (Å²) in [6, 6.07) is 0. The lowest BCUT2D eigenvalue weighted by atomic mass is 9.56. The molecular weight excluding hydrogens is 826 g/mol. The normalized spacial score (nSPS) is 12.0. The van der Waals surface area contributed by atoms with Gasteiger partial charge in [-0.25, -0.2) is 0 Å². The van der Waals surface area contributed by atoms with Crippen LogP contribution in [-0.4, -0.2) is 204 Å². The molecule has 52 radical (unpaired) electrons. The highest BCUT2D eigenvalue weighted by Crippen LogP contribution is 2.45. The highest BCUT2D eigenvalue weighted by molar-refractivity contribution is 6.78. The van der Waals surface area contributed by atoms with Gasteiger partial charge in [0.05, 0.1) is 0 Å². The van der Waals surface area contributed by atoms with Crippen molar-refractivity contribution in [2.24, 2.45) is 0 Å².